The SMILES string of the molecule is Cc1cc(C(=O)Cn2c(-c3ccc(Cl)cc3)nc3sc(C)c(C)c3c2=O)ccc1F. The molecule has 4 aromatic rings. The molecule has 0 unspecified atom stereocenters. The lowest BCUT2D eigenvalue weighted by molar-refractivity contribution is 0.0971. The Morgan fingerprint density at radius 2 is 1.83 bits per heavy atom. The van der Waals surface area contributed by atoms with E-state index in [4.69, 9.17) is 16.6 Å². The van der Waals surface area contributed by atoms with Crippen LogP contribution in [-0.2, 0) is 6.54 Å². The van der Waals surface area contributed by atoms with E-state index in [2.05, 4.69) is 0 Å². The van der Waals surface area contributed by atoms with Crippen molar-refractivity contribution in [3.8, 4) is 11.4 Å². The van der Waals surface area contributed by atoms with E-state index >= 15 is 0 Å². The monoisotopic (exact) mass is 440 g/mol. The van der Waals surface area contributed by atoms with Gasteiger partial charge in [0.05, 0.1) is 11.9 Å². The second-order valence-electron chi connectivity index (χ2n) is 7.18. The van der Waals surface area contributed by atoms with E-state index in [9.17, 15) is 14.0 Å². The topological polar surface area (TPSA) is 52.0 Å². The summed E-state index contributed by atoms with van der Waals surface area (Å²) in [5.41, 5.74) is 2.02. The number of carbonyl (C=O) groups is 1. The smallest absolute Gasteiger partial charge is 0.263 e. The van der Waals surface area contributed by atoms with Crippen LogP contribution in [0, 0.1) is 26.6 Å². The lowest BCUT2D eigenvalue weighted by Gasteiger charge is -2.13. The van der Waals surface area contributed by atoms with Gasteiger partial charge in [0, 0.05) is 21.0 Å². The van der Waals surface area contributed by atoms with Crippen LogP contribution in [0.3, 0.4) is 0 Å². The van der Waals surface area contributed by atoms with Crippen LogP contribution in [0.1, 0.15) is 26.4 Å². The van der Waals surface area contributed by atoms with Gasteiger partial charge >= 0.3 is 0 Å². The molecule has 30 heavy (non-hydrogen) atoms. The number of Topliss-reactive ketones (excluding diaryl/α,β-unsaturated/α-hetero) is 1. The Hall–Kier alpha value is -2.83. The lowest BCUT2D eigenvalue weighted by atomic mass is 10.1. The Morgan fingerprint density at radius 3 is 2.50 bits per heavy atom. The number of ketones is 1. The molecule has 0 fully saturated rings. The van der Waals surface area contributed by atoms with Crippen LogP contribution in [-0.4, -0.2) is 15.3 Å². The molecule has 7 heteroatoms. The Labute approximate surface area is 181 Å². The quantitative estimate of drug-likeness (QED) is 0.381. The van der Waals surface area contributed by atoms with Crippen LogP contribution in [0.4, 0.5) is 4.39 Å². The number of hydrogen-bond acceptors (Lipinski definition) is 4. The van der Waals surface area contributed by atoms with E-state index in [1.165, 1.54) is 34.1 Å². The predicted molar refractivity (Wildman–Crippen MR) is 119 cm³/mol. The highest BCUT2D eigenvalue weighted by molar-refractivity contribution is 7.18. The minimum Gasteiger partial charge on any atom is -0.292 e. The fraction of sp³-hybridized carbons (Fsp3) is 0.174. The molecule has 0 aliphatic carbocycles. The largest absolute Gasteiger partial charge is 0.292 e. The van der Waals surface area contributed by atoms with Gasteiger partial charge in [0.25, 0.3) is 5.56 Å². The molecule has 2 aromatic carbocycles. The van der Waals surface area contributed by atoms with E-state index in [-0.39, 0.29) is 23.7 Å². The Morgan fingerprint density at radius 1 is 1.13 bits per heavy atom. The van der Waals surface area contributed by atoms with Gasteiger partial charge in [-0.2, -0.15) is 0 Å². The molecule has 0 atom stereocenters. The van der Waals surface area contributed by atoms with E-state index in [1.54, 1.807) is 31.2 Å². The van der Waals surface area contributed by atoms with Gasteiger partial charge in [-0.05, 0) is 74.4 Å². The second kappa shape index (κ2) is 7.78. The third-order valence-electron chi connectivity index (χ3n) is 5.17. The van der Waals surface area contributed by atoms with Crippen molar-refractivity contribution in [3.05, 3.63) is 85.2 Å². The molecule has 4 nitrogen and oxygen atoms in total. The van der Waals surface area contributed by atoms with Gasteiger partial charge in [-0.3, -0.25) is 14.2 Å². The summed E-state index contributed by atoms with van der Waals surface area (Å²) in [6.07, 6.45) is 0. The molecule has 0 amide bonds. The summed E-state index contributed by atoms with van der Waals surface area (Å²) in [5.74, 6) is -0.267. The molecule has 0 radical (unpaired) electrons. The summed E-state index contributed by atoms with van der Waals surface area (Å²) in [4.78, 5) is 32.7. The number of aromatic nitrogens is 2. The number of fused-ring (bicyclic) bond motifs is 1. The summed E-state index contributed by atoms with van der Waals surface area (Å²) in [7, 11) is 0. The zero-order valence-corrected chi connectivity index (χ0v) is 18.2. The molecule has 2 heterocycles. The number of benzene rings is 2. The average Bonchev–Trinajstić information content (AvgIpc) is 3.00. The summed E-state index contributed by atoms with van der Waals surface area (Å²) < 4.78 is 15.0. The van der Waals surface area contributed by atoms with E-state index in [1.807, 2.05) is 13.8 Å². The maximum absolute atomic E-state index is 13.6. The first-order valence-electron chi connectivity index (χ1n) is 9.32. The first-order valence-corrected chi connectivity index (χ1v) is 10.5. The van der Waals surface area contributed by atoms with E-state index < -0.39 is 0 Å². The van der Waals surface area contributed by atoms with Gasteiger partial charge in [-0.25, -0.2) is 9.37 Å². The van der Waals surface area contributed by atoms with Crippen molar-refractivity contribution in [3.63, 3.8) is 0 Å². The van der Waals surface area contributed by atoms with Crippen LogP contribution >= 0.6 is 22.9 Å². The Bertz CT molecular complexity index is 1360. The summed E-state index contributed by atoms with van der Waals surface area (Å²) >= 11 is 7.46. The van der Waals surface area contributed by atoms with Gasteiger partial charge in [0.15, 0.2) is 5.78 Å². The zero-order chi connectivity index (χ0) is 21.6. The van der Waals surface area contributed by atoms with Gasteiger partial charge in [-0.1, -0.05) is 11.6 Å². The van der Waals surface area contributed by atoms with Gasteiger partial charge in [0.1, 0.15) is 16.5 Å². The molecule has 0 saturated carbocycles. The van der Waals surface area contributed by atoms with Crippen LogP contribution in [0.2, 0.25) is 5.02 Å². The molecule has 2 aromatic heterocycles. The fourth-order valence-corrected chi connectivity index (χ4v) is 4.49. The van der Waals surface area contributed by atoms with E-state index in [0.29, 0.717) is 37.8 Å². The highest BCUT2D eigenvalue weighted by atomic mass is 35.5. The molecule has 0 aliphatic heterocycles. The summed E-state index contributed by atoms with van der Waals surface area (Å²) in [6, 6.07) is 11.2. The van der Waals surface area contributed by atoms with Crippen molar-refractivity contribution in [1.82, 2.24) is 9.55 Å². The predicted octanol–water partition coefficient (Wildman–Crippen LogP) is 5.73. The number of halogens is 2. The number of carbonyl (C=O) groups excluding carboxylic acids is 1. The van der Waals surface area contributed by atoms with Crippen molar-refractivity contribution in [2.45, 2.75) is 27.3 Å². The number of nitrogens with zero attached hydrogens (tertiary/aromatic N) is 2. The second-order valence-corrected chi connectivity index (χ2v) is 8.82. The molecular formula is C23H18ClFN2O2S. The molecule has 0 bridgehead atoms. The van der Waals surface area contributed by atoms with Crippen molar-refractivity contribution in [2.75, 3.05) is 0 Å². The normalized spacial score (nSPS) is 11.2. The van der Waals surface area contributed by atoms with Crippen molar-refractivity contribution < 1.29 is 9.18 Å². The standard InChI is InChI=1S/C23H18ClFN2O2S/c1-12-10-16(6-9-18(12)25)19(28)11-27-21(15-4-7-17(24)8-5-15)26-22-20(23(27)29)13(2)14(3)30-22/h4-10H,11H2,1-3H3. The molecule has 4 rings (SSSR count). The molecule has 0 spiro atoms. The molecule has 152 valence electrons. The number of thiophene rings is 1. The van der Waals surface area contributed by atoms with E-state index in [0.717, 1.165) is 10.4 Å². The Balaban J connectivity index is 1.90. The third kappa shape index (κ3) is 3.57. The first kappa shape index (κ1) is 20.4. The number of hydrogen-bond donors (Lipinski definition) is 0. The molecule has 0 saturated heterocycles. The van der Waals surface area contributed by atoms with Gasteiger partial charge in [-0.15, -0.1) is 11.3 Å². The average molecular weight is 441 g/mol. The highest BCUT2D eigenvalue weighted by Crippen LogP contribution is 2.29. The van der Waals surface area contributed by atoms with Crippen LogP contribution in [0.25, 0.3) is 21.6 Å². The fourth-order valence-electron chi connectivity index (χ4n) is 3.35. The van der Waals surface area contributed by atoms with Gasteiger partial charge < -0.3 is 0 Å². The molecule has 0 aliphatic rings. The minimum absolute atomic E-state index is 0.195. The molecule has 0 N–H and O–H groups in total. The number of rotatable bonds is 4. The first-order chi connectivity index (χ1) is 14.3. The number of aryl methyl sites for hydroxylation is 3. The maximum Gasteiger partial charge on any atom is 0.263 e. The highest BCUT2D eigenvalue weighted by Gasteiger charge is 2.20. The van der Waals surface area contributed by atoms with Crippen LogP contribution in [0.5, 0.6) is 0 Å². The Kier molecular flexibility index (Phi) is 5.30. The van der Waals surface area contributed by atoms with Crippen molar-refractivity contribution in [1.29, 1.82) is 0 Å². The third-order valence-corrected chi connectivity index (χ3v) is 6.53. The summed E-state index contributed by atoms with van der Waals surface area (Å²) in [6.45, 7) is 5.23. The van der Waals surface area contributed by atoms with Crippen LogP contribution in [0.15, 0.2) is 47.3 Å². The van der Waals surface area contributed by atoms with Crippen LogP contribution < -0.4 is 5.56 Å². The lowest BCUT2D eigenvalue weighted by Crippen LogP contribution is -2.27. The van der Waals surface area contributed by atoms with Gasteiger partial charge in [0.2, 0.25) is 0 Å². The molecular weight excluding hydrogens is 423 g/mol. The van der Waals surface area contributed by atoms with Crippen molar-refractivity contribution in [2.24, 2.45) is 0 Å². The minimum atomic E-state index is -0.377. The maximum atomic E-state index is 13.6. The van der Waals surface area contributed by atoms with Crippen molar-refractivity contribution >= 4 is 38.9 Å². The zero-order valence-electron chi connectivity index (χ0n) is 16.6. The summed E-state index contributed by atoms with van der Waals surface area (Å²) in [5, 5.41) is 1.09.